The van der Waals surface area contributed by atoms with Crippen LogP contribution in [-0.4, -0.2) is 45.7 Å². The first-order valence-electron chi connectivity index (χ1n) is 5.03. The summed E-state index contributed by atoms with van der Waals surface area (Å²) >= 11 is 0. The van der Waals surface area contributed by atoms with E-state index in [2.05, 4.69) is 9.97 Å². The Morgan fingerprint density at radius 1 is 1.47 bits per heavy atom. The number of rotatable bonds is 4. The van der Waals surface area contributed by atoms with Crippen LogP contribution in [0.25, 0.3) is 5.65 Å². The van der Waals surface area contributed by atoms with Crippen LogP contribution in [0.2, 0.25) is 0 Å². The van der Waals surface area contributed by atoms with Gasteiger partial charge in [0, 0.05) is 24.5 Å². The molecule has 0 bridgehead atoms. The third-order valence-electron chi connectivity index (χ3n) is 2.65. The molecule has 10 heteroatoms. The maximum Gasteiger partial charge on any atom is 0.368 e. The van der Waals surface area contributed by atoms with Crippen LogP contribution in [-0.2, 0) is 15.8 Å². The molecule has 2 aromatic rings. The molecule has 0 saturated heterocycles. The van der Waals surface area contributed by atoms with Crippen molar-refractivity contribution in [3.63, 3.8) is 0 Å². The summed E-state index contributed by atoms with van der Waals surface area (Å²) in [6, 6.07) is 1.53. The number of carboxylic acid groups (broad SMARTS) is 1. The molecule has 0 spiro atoms. The molecule has 0 amide bonds. The van der Waals surface area contributed by atoms with E-state index in [1.165, 1.54) is 29.2 Å². The van der Waals surface area contributed by atoms with Gasteiger partial charge in [0.05, 0.1) is 0 Å². The van der Waals surface area contributed by atoms with Crippen molar-refractivity contribution in [1.82, 2.24) is 14.4 Å². The Kier molecular flexibility index (Phi) is 3.15. The number of aromatic nitrogens is 3. The number of nitrogens with zero attached hydrogens (tertiary/aromatic N) is 3. The summed E-state index contributed by atoms with van der Waals surface area (Å²) in [5, 5.41) is 15.4. The van der Waals surface area contributed by atoms with E-state index in [4.69, 9.17) is 14.9 Å². The van der Waals surface area contributed by atoms with Gasteiger partial charge < -0.3 is 20.0 Å². The largest absolute Gasteiger partial charge is 0.479 e. The Morgan fingerprint density at radius 3 is 2.74 bits per heavy atom. The quantitative estimate of drug-likeness (QED) is 0.536. The molecule has 1 atom stereocenters. The Labute approximate surface area is 106 Å². The molecule has 1 unspecified atom stereocenters. The molecular formula is C9H10N3O6P. The zero-order chi connectivity index (χ0) is 14.3. The zero-order valence-electron chi connectivity index (χ0n) is 9.41. The molecule has 2 rings (SSSR count). The summed E-state index contributed by atoms with van der Waals surface area (Å²) in [5.74, 6) is -2.00. The van der Waals surface area contributed by atoms with E-state index in [-0.39, 0.29) is 5.69 Å². The summed E-state index contributed by atoms with van der Waals surface area (Å²) in [6.07, 6.45) is 3.19. The van der Waals surface area contributed by atoms with Crippen molar-refractivity contribution in [1.29, 1.82) is 0 Å². The molecule has 0 aliphatic carbocycles. The summed E-state index contributed by atoms with van der Waals surface area (Å²) in [4.78, 5) is 36.7. The first-order valence-corrected chi connectivity index (χ1v) is 6.64. The van der Waals surface area contributed by atoms with Crippen LogP contribution in [0.3, 0.4) is 0 Å². The van der Waals surface area contributed by atoms with Crippen LogP contribution in [0.1, 0.15) is 5.69 Å². The van der Waals surface area contributed by atoms with Crippen LogP contribution in [0.5, 0.6) is 0 Å². The molecule has 0 fully saturated rings. The van der Waals surface area contributed by atoms with Gasteiger partial charge in [-0.1, -0.05) is 0 Å². The van der Waals surface area contributed by atoms with E-state index >= 15 is 0 Å². The highest BCUT2D eigenvalue weighted by Gasteiger charge is 2.53. The number of aliphatic hydroxyl groups is 1. The molecule has 19 heavy (non-hydrogen) atoms. The Balaban J connectivity index is 2.49. The van der Waals surface area contributed by atoms with E-state index in [0.717, 1.165) is 0 Å². The van der Waals surface area contributed by atoms with E-state index in [0.29, 0.717) is 5.65 Å². The van der Waals surface area contributed by atoms with Crippen LogP contribution in [0, 0.1) is 0 Å². The highest BCUT2D eigenvalue weighted by Crippen LogP contribution is 2.50. The fourth-order valence-corrected chi connectivity index (χ4v) is 2.19. The van der Waals surface area contributed by atoms with Crippen molar-refractivity contribution in [2.24, 2.45) is 0 Å². The first-order chi connectivity index (χ1) is 8.75. The van der Waals surface area contributed by atoms with Gasteiger partial charge in [-0.25, -0.2) is 14.8 Å². The topological polar surface area (TPSA) is 145 Å². The lowest BCUT2D eigenvalue weighted by atomic mass is 10.2. The smallest absolute Gasteiger partial charge is 0.368 e. The Bertz CT molecular complexity index is 679. The average Bonchev–Trinajstić information content (AvgIpc) is 2.71. The van der Waals surface area contributed by atoms with Crippen LogP contribution in [0.15, 0.2) is 24.8 Å². The molecular weight excluding hydrogens is 277 g/mol. The zero-order valence-corrected chi connectivity index (χ0v) is 10.3. The normalized spacial score (nSPS) is 15.3. The minimum atomic E-state index is -5.27. The Hall–Kier alpha value is -1.80. The van der Waals surface area contributed by atoms with Crippen molar-refractivity contribution in [2.75, 3.05) is 0 Å². The van der Waals surface area contributed by atoms with Crippen molar-refractivity contribution in [2.45, 2.75) is 11.8 Å². The van der Waals surface area contributed by atoms with Gasteiger partial charge in [-0.05, 0) is 6.07 Å². The van der Waals surface area contributed by atoms with Gasteiger partial charge in [0.15, 0.2) is 0 Å². The monoisotopic (exact) mass is 287 g/mol. The molecule has 2 aromatic heterocycles. The van der Waals surface area contributed by atoms with Crippen molar-refractivity contribution in [3.05, 3.63) is 30.5 Å². The summed E-state index contributed by atoms with van der Waals surface area (Å²) in [7, 11) is -5.27. The molecule has 0 saturated carbocycles. The third kappa shape index (κ3) is 2.24. The highest BCUT2D eigenvalue weighted by atomic mass is 31.2. The van der Waals surface area contributed by atoms with Gasteiger partial charge in [-0.15, -0.1) is 0 Å². The van der Waals surface area contributed by atoms with Gasteiger partial charge in [0.2, 0.25) is 0 Å². The number of aliphatic carboxylic acids is 1. The maximum atomic E-state index is 11.2. The van der Waals surface area contributed by atoms with Gasteiger partial charge in [0.1, 0.15) is 12.0 Å². The SMILES string of the molecule is O=C(O)C(O)(Cc1cnc2ccncn12)P(=O)(O)O. The van der Waals surface area contributed by atoms with Crippen LogP contribution < -0.4 is 0 Å². The second-order valence-corrected chi connectivity index (χ2v) is 5.73. The highest BCUT2D eigenvalue weighted by molar-refractivity contribution is 7.54. The number of fused-ring (bicyclic) bond motifs is 1. The van der Waals surface area contributed by atoms with Crippen molar-refractivity contribution in [3.8, 4) is 0 Å². The number of carboxylic acids is 1. The number of imidazole rings is 1. The van der Waals surface area contributed by atoms with Gasteiger partial charge in [-0.2, -0.15) is 0 Å². The molecule has 4 N–H and O–H groups in total. The van der Waals surface area contributed by atoms with E-state index in [1.54, 1.807) is 0 Å². The van der Waals surface area contributed by atoms with E-state index in [9.17, 15) is 14.5 Å². The fraction of sp³-hybridized carbons (Fsp3) is 0.222. The summed E-state index contributed by atoms with van der Waals surface area (Å²) in [5.41, 5.74) is 0.541. The van der Waals surface area contributed by atoms with Gasteiger partial charge >= 0.3 is 13.6 Å². The van der Waals surface area contributed by atoms with E-state index in [1.807, 2.05) is 0 Å². The maximum absolute atomic E-state index is 11.2. The number of carbonyl (C=O) groups is 1. The van der Waals surface area contributed by atoms with Crippen molar-refractivity contribution >= 4 is 19.2 Å². The molecule has 0 radical (unpaired) electrons. The first kappa shape index (κ1) is 13.6. The minimum absolute atomic E-state index is 0.122. The van der Waals surface area contributed by atoms with Crippen molar-refractivity contribution < 1.29 is 29.4 Å². The molecule has 0 aliphatic heterocycles. The minimum Gasteiger partial charge on any atom is -0.479 e. The third-order valence-corrected chi connectivity index (χ3v) is 3.96. The summed E-state index contributed by atoms with van der Waals surface area (Å²) in [6.45, 7) is 0. The van der Waals surface area contributed by atoms with Crippen LogP contribution in [0.4, 0.5) is 0 Å². The predicted molar refractivity (Wildman–Crippen MR) is 61.3 cm³/mol. The molecule has 102 valence electrons. The molecule has 2 heterocycles. The average molecular weight is 287 g/mol. The van der Waals surface area contributed by atoms with Gasteiger partial charge in [-0.3, -0.25) is 8.97 Å². The number of hydrogen-bond acceptors (Lipinski definition) is 5. The lowest BCUT2D eigenvalue weighted by molar-refractivity contribution is -0.151. The lowest BCUT2D eigenvalue weighted by Gasteiger charge is -2.23. The second kappa shape index (κ2) is 4.39. The fourth-order valence-electron chi connectivity index (χ4n) is 1.57. The summed E-state index contributed by atoms with van der Waals surface area (Å²) < 4.78 is 12.5. The Morgan fingerprint density at radius 2 is 2.16 bits per heavy atom. The van der Waals surface area contributed by atoms with E-state index < -0.39 is 25.3 Å². The molecule has 0 aliphatic rings. The predicted octanol–water partition coefficient (Wildman–Crippen LogP) is -0.777. The molecule has 0 aromatic carbocycles. The lowest BCUT2D eigenvalue weighted by Crippen LogP contribution is -2.40. The van der Waals surface area contributed by atoms with Gasteiger partial charge in [0.25, 0.3) is 5.34 Å². The molecule has 9 nitrogen and oxygen atoms in total. The number of hydrogen-bond donors (Lipinski definition) is 4. The van der Waals surface area contributed by atoms with Crippen LogP contribution >= 0.6 is 7.60 Å². The second-order valence-electron chi connectivity index (χ2n) is 3.90. The standard InChI is InChI=1S/C9H10N3O6P/c13-8(14)9(15,19(16,17)18)3-6-4-11-7-1-2-10-5-12(6)7/h1-2,4-5,15H,3H2,(H,13,14)(H2,16,17,18).